The highest BCUT2D eigenvalue weighted by Gasteiger charge is 2.20. The fourth-order valence-corrected chi connectivity index (χ4v) is 1.26. The Morgan fingerprint density at radius 2 is 1.93 bits per heavy atom. The molecule has 0 spiro atoms. The summed E-state index contributed by atoms with van der Waals surface area (Å²) in [7, 11) is 0. The molecule has 0 atom stereocenters. The standard InChI is InChI=1S/C9H11ClFNO.ClH/c1-9(2,13)5-3-7(11)6(10)4-8(5)12;/h3-4,13H,12H2,1-2H3;1H. The molecule has 1 aromatic rings. The van der Waals surface area contributed by atoms with Gasteiger partial charge >= 0.3 is 0 Å². The SMILES string of the molecule is CC(C)(O)c1cc(F)c(Cl)cc1N.Cl. The minimum atomic E-state index is -1.16. The number of rotatable bonds is 1. The summed E-state index contributed by atoms with van der Waals surface area (Å²) in [6.45, 7) is 3.07. The first kappa shape index (κ1) is 13.5. The monoisotopic (exact) mass is 239 g/mol. The van der Waals surface area contributed by atoms with Crippen LogP contribution in [-0.4, -0.2) is 5.11 Å². The highest BCUT2D eigenvalue weighted by atomic mass is 35.5. The Labute approximate surface area is 93.3 Å². The zero-order valence-corrected chi connectivity index (χ0v) is 9.42. The van der Waals surface area contributed by atoms with Crippen LogP contribution >= 0.6 is 24.0 Å². The molecule has 0 saturated carbocycles. The van der Waals surface area contributed by atoms with E-state index in [1.54, 1.807) is 0 Å². The van der Waals surface area contributed by atoms with Crippen LogP contribution in [0.4, 0.5) is 10.1 Å². The molecular formula is C9H12Cl2FNO. The van der Waals surface area contributed by atoms with Gasteiger partial charge in [-0.2, -0.15) is 0 Å². The molecule has 0 fully saturated rings. The van der Waals surface area contributed by atoms with Crippen LogP contribution in [0.1, 0.15) is 19.4 Å². The Balaban J connectivity index is 0.00000169. The number of nitrogens with two attached hydrogens (primary N) is 1. The zero-order valence-electron chi connectivity index (χ0n) is 7.84. The second-order valence-corrected chi connectivity index (χ2v) is 3.82. The van der Waals surface area contributed by atoms with E-state index in [0.717, 1.165) is 6.07 Å². The summed E-state index contributed by atoms with van der Waals surface area (Å²) in [6.07, 6.45) is 0. The second-order valence-electron chi connectivity index (χ2n) is 3.41. The van der Waals surface area contributed by atoms with E-state index in [0.29, 0.717) is 11.3 Å². The van der Waals surface area contributed by atoms with Gasteiger partial charge in [-0.15, -0.1) is 12.4 Å². The maximum absolute atomic E-state index is 13.0. The number of nitrogen functional groups attached to an aromatic ring is 1. The lowest BCUT2D eigenvalue weighted by Gasteiger charge is -2.20. The van der Waals surface area contributed by atoms with Crippen molar-refractivity contribution in [2.24, 2.45) is 0 Å². The van der Waals surface area contributed by atoms with Crippen molar-refractivity contribution < 1.29 is 9.50 Å². The predicted molar refractivity (Wildman–Crippen MR) is 58.3 cm³/mol. The fourth-order valence-electron chi connectivity index (χ4n) is 1.09. The van der Waals surface area contributed by atoms with Gasteiger partial charge in [-0.25, -0.2) is 4.39 Å². The molecule has 0 aliphatic rings. The molecule has 0 bridgehead atoms. The molecule has 0 heterocycles. The Morgan fingerprint density at radius 3 is 2.36 bits per heavy atom. The smallest absolute Gasteiger partial charge is 0.142 e. The van der Waals surface area contributed by atoms with Gasteiger partial charge in [0.2, 0.25) is 0 Å². The van der Waals surface area contributed by atoms with E-state index in [1.807, 2.05) is 0 Å². The summed E-state index contributed by atoms with van der Waals surface area (Å²) in [5.74, 6) is -0.576. The number of halogens is 3. The summed E-state index contributed by atoms with van der Waals surface area (Å²) < 4.78 is 13.0. The van der Waals surface area contributed by atoms with E-state index in [2.05, 4.69) is 0 Å². The van der Waals surface area contributed by atoms with Crippen LogP contribution in [0.5, 0.6) is 0 Å². The predicted octanol–water partition coefficient (Wildman–Crippen LogP) is 2.71. The molecule has 14 heavy (non-hydrogen) atoms. The first-order valence-corrected chi connectivity index (χ1v) is 4.17. The van der Waals surface area contributed by atoms with Crippen LogP contribution in [0.3, 0.4) is 0 Å². The third kappa shape index (κ3) is 2.74. The lowest BCUT2D eigenvalue weighted by atomic mass is 9.96. The van der Waals surface area contributed by atoms with Gasteiger partial charge in [0.05, 0.1) is 10.6 Å². The van der Waals surface area contributed by atoms with Crippen LogP contribution in [0.2, 0.25) is 5.02 Å². The molecule has 0 aromatic heterocycles. The number of benzene rings is 1. The van der Waals surface area contributed by atoms with Crippen molar-refractivity contribution in [3.8, 4) is 0 Å². The van der Waals surface area contributed by atoms with E-state index in [4.69, 9.17) is 17.3 Å². The van der Waals surface area contributed by atoms with Gasteiger partial charge in [0.25, 0.3) is 0 Å². The van der Waals surface area contributed by atoms with E-state index < -0.39 is 11.4 Å². The molecule has 0 unspecified atom stereocenters. The third-order valence-corrected chi connectivity index (χ3v) is 2.04. The maximum atomic E-state index is 13.0. The molecule has 0 aliphatic carbocycles. The van der Waals surface area contributed by atoms with Crippen molar-refractivity contribution in [2.75, 3.05) is 5.73 Å². The van der Waals surface area contributed by atoms with Crippen molar-refractivity contribution >= 4 is 29.7 Å². The number of aliphatic hydroxyl groups is 1. The minimum absolute atomic E-state index is 0. The largest absolute Gasteiger partial charge is 0.398 e. The van der Waals surface area contributed by atoms with Gasteiger partial charge in [0.1, 0.15) is 5.82 Å². The second kappa shape index (κ2) is 4.34. The lowest BCUT2D eigenvalue weighted by molar-refractivity contribution is 0.0790. The zero-order chi connectivity index (χ0) is 10.2. The van der Waals surface area contributed by atoms with Crippen LogP contribution in [0.15, 0.2) is 12.1 Å². The van der Waals surface area contributed by atoms with Crippen molar-refractivity contribution in [3.63, 3.8) is 0 Å². The summed E-state index contributed by atoms with van der Waals surface area (Å²) in [5.41, 5.74) is 5.04. The highest BCUT2D eigenvalue weighted by molar-refractivity contribution is 6.31. The van der Waals surface area contributed by atoms with Gasteiger partial charge < -0.3 is 10.8 Å². The Morgan fingerprint density at radius 1 is 1.43 bits per heavy atom. The summed E-state index contributed by atoms with van der Waals surface area (Å²) in [5, 5.41) is 9.56. The van der Waals surface area contributed by atoms with Crippen molar-refractivity contribution in [3.05, 3.63) is 28.5 Å². The quantitative estimate of drug-likeness (QED) is 0.741. The van der Waals surface area contributed by atoms with Crippen molar-refractivity contribution in [1.82, 2.24) is 0 Å². The maximum Gasteiger partial charge on any atom is 0.142 e. The van der Waals surface area contributed by atoms with Crippen LogP contribution in [0, 0.1) is 5.82 Å². The van der Waals surface area contributed by atoms with Gasteiger partial charge in [0.15, 0.2) is 0 Å². The molecular weight excluding hydrogens is 228 g/mol. The molecule has 0 aliphatic heterocycles. The van der Waals surface area contributed by atoms with Crippen LogP contribution < -0.4 is 5.73 Å². The van der Waals surface area contributed by atoms with Crippen molar-refractivity contribution in [1.29, 1.82) is 0 Å². The Kier molecular flexibility index (Phi) is 4.18. The van der Waals surface area contributed by atoms with E-state index >= 15 is 0 Å². The number of hydrogen-bond donors (Lipinski definition) is 2. The number of anilines is 1. The minimum Gasteiger partial charge on any atom is -0.398 e. The number of hydrogen-bond acceptors (Lipinski definition) is 2. The topological polar surface area (TPSA) is 46.2 Å². The highest BCUT2D eigenvalue weighted by Crippen LogP contribution is 2.29. The average molecular weight is 240 g/mol. The summed E-state index contributed by atoms with van der Waals surface area (Å²) >= 11 is 5.50. The molecule has 0 radical (unpaired) electrons. The normalized spacial score (nSPS) is 10.9. The van der Waals surface area contributed by atoms with Gasteiger partial charge in [0, 0.05) is 11.3 Å². The van der Waals surface area contributed by atoms with Gasteiger partial charge in [-0.1, -0.05) is 11.6 Å². The van der Waals surface area contributed by atoms with Crippen LogP contribution in [-0.2, 0) is 5.60 Å². The molecule has 5 heteroatoms. The van der Waals surface area contributed by atoms with E-state index in [-0.39, 0.29) is 17.4 Å². The molecule has 1 rings (SSSR count). The Bertz CT molecular complexity index is 336. The molecule has 1 aromatic carbocycles. The fraction of sp³-hybridized carbons (Fsp3) is 0.333. The Hall–Kier alpha value is -0.510. The molecule has 0 saturated heterocycles. The molecule has 0 amide bonds. The molecule has 3 N–H and O–H groups in total. The first-order chi connectivity index (χ1) is 5.82. The van der Waals surface area contributed by atoms with Gasteiger partial charge in [-0.3, -0.25) is 0 Å². The third-order valence-electron chi connectivity index (χ3n) is 1.75. The summed E-state index contributed by atoms with van der Waals surface area (Å²) in [4.78, 5) is 0. The molecule has 2 nitrogen and oxygen atoms in total. The average Bonchev–Trinajstić information content (AvgIpc) is 1.94. The first-order valence-electron chi connectivity index (χ1n) is 3.79. The van der Waals surface area contributed by atoms with E-state index in [9.17, 15) is 9.50 Å². The van der Waals surface area contributed by atoms with Crippen LogP contribution in [0.25, 0.3) is 0 Å². The van der Waals surface area contributed by atoms with E-state index in [1.165, 1.54) is 19.9 Å². The molecule has 80 valence electrons. The summed E-state index contributed by atoms with van der Waals surface area (Å²) in [6, 6.07) is 2.45. The lowest BCUT2D eigenvalue weighted by Crippen LogP contribution is -2.18. The van der Waals surface area contributed by atoms with Crippen molar-refractivity contribution in [2.45, 2.75) is 19.4 Å². The van der Waals surface area contributed by atoms with Gasteiger partial charge in [-0.05, 0) is 26.0 Å².